The summed E-state index contributed by atoms with van der Waals surface area (Å²) in [5.74, 6) is -0.108. The fourth-order valence-electron chi connectivity index (χ4n) is 2.88. The van der Waals surface area contributed by atoms with Gasteiger partial charge in [0.25, 0.3) is 0 Å². The molecule has 2 amide bonds. The minimum atomic E-state index is -0.526. The van der Waals surface area contributed by atoms with Gasteiger partial charge >= 0.3 is 11.8 Å². The van der Waals surface area contributed by atoms with E-state index in [2.05, 4.69) is 17.6 Å². The molecule has 0 spiro atoms. The van der Waals surface area contributed by atoms with Crippen LogP contribution in [0.15, 0.2) is 30.3 Å². The van der Waals surface area contributed by atoms with E-state index in [9.17, 15) is 9.59 Å². The van der Waals surface area contributed by atoms with Crippen molar-refractivity contribution in [3.63, 3.8) is 0 Å². The third-order valence-corrected chi connectivity index (χ3v) is 4.49. The predicted molar refractivity (Wildman–Crippen MR) is 87.4 cm³/mol. The molecule has 1 saturated carbocycles. The Kier molecular flexibility index (Phi) is 5.99. The van der Waals surface area contributed by atoms with Gasteiger partial charge in [-0.25, -0.2) is 0 Å². The number of benzene rings is 1. The number of hydrogen-bond acceptors (Lipinski definition) is 2. The normalized spacial score (nSPS) is 22.6. The van der Waals surface area contributed by atoms with Crippen molar-refractivity contribution < 1.29 is 9.59 Å². The van der Waals surface area contributed by atoms with E-state index in [1.807, 2.05) is 37.3 Å². The fraction of sp³-hybridized carbons (Fsp3) is 0.556. The minimum Gasteiger partial charge on any atom is -0.347 e. The van der Waals surface area contributed by atoms with Crippen LogP contribution in [0.3, 0.4) is 0 Å². The second-order valence-corrected chi connectivity index (χ2v) is 6.45. The van der Waals surface area contributed by atoms with Crippen LogP contribution in [0.2, 0.25) is 0 Å². The van der Waals surface area contributed by atoms with Crippen LogP contribution >= 0.6 is 0 Å². The molecule has 0 bridgehead atoms. The zero-order chi connectivity index (χ0) is 15.9. The van der Waals surface area contributed by atoms with E-state index in [0.29, 0.717) is 6.54 Å². The molecule has 0 aromatic heterocycles. The highest BCUT2D eigenvalue weighted by Crippen LogP contribution is 2.23. The van der Waals surface area contributed by atoms with Crippen LogP contribution < -0.4 is 10.6 Å². The summed E-state index contributed by atoms with van der Waals surface area (Å²) in [6.07, 6.45) is 4.19. The summed E-state index contributed by atoms with van der Waals surface area (Å²) in [7, 11) is 0. The molecule has 4 nitrogen and oxygen atoms in total. The van der Waals surface area contributed by atoms with E-state index in [1.54, 1.807) is 0 Å². The molecule has 1 aliphatic rings. The second kappa shape index (κ2) is 7.97. The minimum absolute atomic E-state index is 0.154. The van der Waals surface area contributed by atoms with Crippen molar-refractivity contribution >= 4 is 11.8 Å². The van der Waals surface area contributed by atoms with Gasteiger partial charge in [0.1, 0.15) is 0 Å². The lowest BCUT2D eigenvalue weighted by molar-refractivity contribution is -0.139. The number of rotatable bonds is 4. The van der Waals surface area contributed by atoms with Gasteiger partial charge in [0, 0.05) is 12.6 Å². The highest BCUT2D eigenvalue weighted by molar-refractivity contribution is 6.35. The van der Waals surface area contributed by atoms with Crippen molar-refractivity contribution in [3.8, 4) is 0 Å². The average Bonchev–Trinajstić information content (AvgIpc) is 2.55. The van der Waals surface area contributed by atoms with E-state index in [1.165, 1.54) is 0 Å². The third-order valence-electron chi connectivity index (χ3n) is 4.49. The number of carbonyl (C=O) groups is 2. The van der Waals surface area contributed by atoms with Gasteiger partial charge in [-0.05, 0) is 43.1 Å². The number of hydrogen-bond donors (Lipinski definition) is 2. The number of nitrogens with one attached hydrogen (secondary N) is 2. The molecule has 0 heterocycles. The van der Waals surface area contributed by atoms with Crippen LogP contribution in [0.5, 0.6) is 0 Å². The van der Waals surface area contributed by atoms with Crippen LogP contribution in [0.4, 0.5) is 0 Å². The Morgan fingerprint density at radius 3 is 2.36 bits per heavy atom. The average molecular weight is 302 g/mol. The fourth-order valence-corrected chi connectivity index (χ4v) is 2.88. The zero-order valence-electron chi connectivity index (χ0n) is 13.5. The van der Waals surface area contributed by atoms with Crippen molar-refractivity contribution in [2.45, 2.75) is 51.5 Å². The van der Waals surface area contributed by atoms with Crippen LogP contribution in [0, 0.1) is 5.92 Å². The van der Waals surface area contributed by atoms with Crippen LogP contribution in [-0.4, -0.2) is 24.4 Å². The quantitative estimate of drug-likeness (QED) is 0.840. The lowest BCUT2D eigenvalue weighted by atomic mass is 9.87. The van der Waals surface area contributed by atoms with Crippen molar-refractivity contribution in [2.24, 2.45) is 5.92 Å². The summed E-state index contributed by atoms with van der Waals surface area (Å²) < 4.78 is 0. The SMILES string of the molecule is CC1CCC(NC(=O)C(=O)NC[C@H](C)c2ccccc2)CC1. The van der Waals surface area contributed by atoms with Gasteiger partial charge in [0.2, 0.25) is 0 Å². The molecular formula is C18H26N2O2. The Morgan fingerprint density at radius 1 is 1.09 bits per heavy atom. The predicted octanol–water partition coefficient (Wildman–Crippen LogP) is 2.60. The highest BCUT2D eigenvalue weighted by Gasteiger charge is 2.22. The van der Waals surface area contributed by atoms with Gasteiger partial charge in [-0.2, -0.15) is 0 Å². The monoisotopic (exact) mass is 302 g/mol. The number of amides is 2. The molecule has 1 aromatic rings. The molecule has 1 aromatic carbocycles. The number of carbonyl (C=O) groups excluding carboxylic acids is 2. The Bertz CT molecular complexity index is 493. The Balaban J connectivity index is 1.73. The molecule has 1 atom stereocenters. The van der Waals surface area contributed by atoms with Crippen molar-refractivity contribution in [2.75, 3.05) is 6.54 Å². The van der Waals surface area contributed by atoms with Gasteiger partial charge in [-0.3, -0.25) is 9.59 Å². The molecule has 1 fully saturated rings. The van der Waals surface area contributed by atoms with Gasteiger partial charge in [0.05, 0.1) is 0 Å². The first-order valence-corrected chi connectivity index (χ1v) is 8.20. The summed E-state index contributed by atoms with van der Waals surface area (Å²) >= 11 is 0. The molecule has 22 heavy (non-hydrogen) atoms. The smallest absolute Gasteiger partial charge is 0.309 e. The van der Waals surface area contributed by atoms with E-state index in [4.69, 9.17) is 0 Å². The Morgan fingerprint density at radius 2 is 1.73 bits per heavy atom. The van der Waals surface area contributed by atoms with E-state index in [-0.39, 0.29) is 12.0 Å². The molecule has 0 aliphatic heterocycles. The summed E-state index contributed by atoms with van der Waals surface area (Å²) in [6.45, 7) is 4.74. The summed E-state index contributed by atoms with van der Waals surface area (Å²) in [6, 6.07) is 10.1. The lowest BCUT2D eigenvalue weighted by Crippen LogP contribution is -2.46. The van der Waals surface area contributed by atoms with Gasteiger partial charge < -0.3 is 10.6 Å². The first-order valence-electron chi connectivity index (χ1n) is 8.20. The zero-order valence-corrected chi connectivity index (χ0v) is 13.5. The Labute approximate surface area is 132 Å². The molecule has 1 aliphatic carbocycles. The molecule has 2 N–H and O–H groups in total. The topological polar surface area (TPSA) is 58.2 Å². The van der Waals surface area contributed by atoms with Gasteiger partial charge in [-0.15, -0.1) is 0 Å². The van der Waals surface area contributed by atoms with E-state index >= 15 is 0 Å². The van der Waals surface area contributed by atoms with Crippen LogP contribution in [0.1, 0.15) is 51.0 Å². The van der Waals surface area contributed by atoms with Crippen molar-refractivity contribution in [1.29, 1.82) is 0 Å². The van der Waals surface area contributed by atoms with E-state index in [0.717, 1.165) is 37.2 Å². The lowest BCUT2D eigenvalue weighted by Gasteiger charge is -2.26. The highest BCUT2D eigenvalue weighted by atomic mass is 16.2. The molecule has 120 valence electrons. The maximum atomic E-state index is 11.9. The Hall–Kier alpha value is -1.84. The molecule has 0 radical (unpaired) electrons. The summed E-state index contributed by atoms with van der Waals surface area (Å²) in [5.41, 5.74) is 1.16. The summed E-state index contributed by atoms with van der Waals surface area (Å²) in [4.78, 5) is 23.8. The van der Waals surface area contributed by atoms with Gasteiger partial charge in [-0.1, -0.05) is 44.2 Å². The molecular weight excluding hydrogens is 276 g/mol. The maximum Gasteiger partial charge on any atom is 0.309 e. The van der Waals surface area contributed by atoms with Crippen LogP contribution in [-0.2, 0) is 9.59 Å². The molecule has 2 rings (SSSR count). The van der Waals surface area contributed by atoms with Crippen molar-refractivity contribution in [3.05, 3.63) is 35.9 Å². The standard InChI is InChI=1S/C18H26N2O2/c1-13-8-10-16(11-9-13)20-18(22)17(21)19-12-14(2)15-6-4-3-5-7-15/h3-7,13-14,16H,8-12H2,1-2H3,(H,19,21)(H,20,22)/t13?,14-,16?/m0/s1. The second-order valence-electron chi connectivity index (χ2n) is 6.45. The van der Waals surface area contributed by atoms with Gasteiger partial charge in [0.15, 0.2) is 0 Å². The molecule has 0 saturated heterocycles. The summed E-state index contributed by atoms with van der Waals surface area (Å²) in [5, 5.41) is 5.58. The first-order chi connectivity index (χ1) is 10.6. The van der Waals surface area contributed by atoms with Crippen LogP contribution in [0.25, 0.3) is 0 Å². The third kappa shape index (κ3) is 4.86. The first kappa shape index (κ1) is 16.5. The van der Waals surface area contributed by atoms with Crippen molar-refractivity contribution in [1.82, 2.24) is 10.6 Å². The van der Waals surface area contributed by atoms with E-state index < -0.39 is 11.8 Å². The maximum absolute atomic E-state index is 11.9. The largest absolute Gasteiger partial charge is 0.347 e. The molecule has 0 unspecified atom stereocenters. The molecule has 4 heteroatoms.